The molecule has 1 saturated heterocycles. The highest BCUT2D eigenvalue weighted by Crippen LogP contribution is 2.29. The SMILES string of the molecule is COC(=O)C1CCN(C(=O)CC(C)C(C)(C)C)CC1. The predicted molar refractivity (Wildman–Crippen MR) is 74.6 cm³/mol. The van der Waals surface area contributed by atoms with Crippen LogP contribution in [0.4, 0.5) is 0 Å². The number of piperidine rings is 1. The van der Waals surface area contributed by atoms with Gasteiger partial charge in [-0.25, -0.2) is 0 Å². The number of hydrogen-bond acceptors (Lipinski definition) is 3. The van der Waals surface area contributed by atoms with Crippen LogP contribution in [-0.2, 0) is 14.3 Å². The Morgan fingerprint density at radius 2 is 1.79 bits per heavy atom. The molecule has 0 N–H and O–H groups in total. The average molecular weight is 269 g/mol. The van der Waals surface area contributed by atoms with Crippen molar-refractivity contribution in [2.45, 2.75) is 47.0 Å². The number of carbonyl (C=O) groups is 2. The van der Waals surface area contributed by atoms with Crippen LogP contribution in [-0.4, -0.2) is 37.0 Å². The van der Waals surface area contributed by atoms with Crippen LogP contribution in [0.25, 0.3) is 0 Å². The number of carbonyl (C=O) groups excluding carboxylic acids is 2. The van der Waals surface area contributed by atoms with E-state index in [1.54, 1.807) is 0 Å². The molecule has 19 heavy (non-hydrogen) atoms. The van der Waals surface area contributed by atoms with Gasteiger partial charge in [0.1, 0.15) is 0 Å². The highest BCUT2D eigenvalue weighted by molar-refractivity contribution is 5.77. The summed E-state index contributed by atoms with van der Waals surface area (Å²) < 4.78 is 4.75. The fourth-order valence-corrected chi connectivity index (χ4v) is 2.23. The number of amides is 1. The molecule has 1 amide bonds. The van der Waals surface area contributed by atoms with E-state index in [1.807, 2.05) is 4.90 Å². The van der Waals surface area contributed by atoms with Crippen molar-refractivity contribution in [3.63, 3.8) is 0 Å². The third kappa shape index (κ3) is 4.51. The summed E-state index contributed by atoms with van der Waals surface area (Å²) in [7, 11) is 1.42. The summed E-state index contributed by atoms with van der Waals surface area (Å²) in [5.41, 5.74) is 0.153. The first-order valence-corrected chi connectivity index (χ1v) is 7.11. The van der Waals surface area contributed by atoms with Crippen molar-refractivity contribution >= 4 is 11.9 Å². The summed E-state index contributed by atoms with van der Waals surface area (Å²) in [5, 5.41) is 0. The molecule has 110 valence electrons. The molecule has 0 aliphatic carbocycles. The maximum atomic E-state index is 12.2. The summed E-state index contributed by atoms with van der Waals surface area (Å²) in [6.07, 6.45) is 2.04. The van der Waals surface area contributed by atoms with E-state index in [1.165, 1.54) is 7.11 Å². The van der Waals surface area contributed by atoms with Gasteiger partial charge in [-0.3, -0.25) is 9.59 Å². The Morgan fingerprint density at radius 3 is 2.21 bits per heavy atom. The normalized spacial score (nSPS) is 19.1. The van der Waals surface area contributed by atoms with Crippen LogP contribution in [0.2, 0.25) is 0 Å². The summed E-state index contributed by atoms with van der Waals surface area (Å²) in [5.74, 6) is 0.397. The second kappa shape index (κ2) is 6.40. The first-order chi connectivity index (χ1) is 8.75. The van der Waals surface area contributed by atoms with Gasteiger partial charge in [0.15, 0.2) is 0 Å². The molecule has 0 aromatic carbocycles. The molecule has 0 aromatic heterocycles. The van der Waals surface area contributed by atoms with Crippen molar-refractivity contribution in [3.05, 3.63) is 0 Å². The van der Waals surface area contributed by atoms with Crippen molar-refractivity contribution in [2.75, 3.05) is 20.2 Å². The lowest BCUT2D eigenvalue weighted by Crippen LogP contribution is -2.41. The lowest BCUT2D eigenvalue weighted by Gasteiger charge is -2.33. The van der Waals surface area contributed by atoms with E-state index in [4.69, 9.17) is 4.74 Å². The molecule has 0 radical (unpaired) electrons. The first kappa shape index (κ1) is 16.0. The maximum absolute atomic E-state index is 12.2. The quantitative estimate of drug-likeness (QED) is 0.739. The Bertz CT molecular complexity index is 325. The van der Waals surface area contributed by atoms with Gasteiger partial charge in [-0.15, -0.1) is 0 Å². The molecule has 1 unspecified atom stereocenters. The molecule has 1 rings (SSSR count). The minimum absolute atomic E-state index is 0.0333. The maximum Gasteiger partial charge on any atom is 0.308 e. The molecule has 0 aromatic rings. The van der Waals surface area contributed by atoms with E-state index >= 15 is 0 Å². The molecule has 1 atom stereocenters. The van der Waals surface area contributed by atoms with Crippen LogP contribution >= 0.6 is 0 Å². The fraction of sp³-hybridized carbons (Fsp3) is 0.867. The molecule has 1 heterocycles. The minimum atomic E-state index is -0.143. The van der Waals surface area contributed by atoms with Crippen molar-refractivity contribution in [1.82, 2.24) is 4.90 Å². The number of nitrogens with zero attached hydrogens (tertiary/aromatic N) is 1. The second-order valence-electron chi connectivity index (χ2n) is 6.65. The van der Waals surface area contributed by atoms with Crippen LogP contribution in [0.3, 0.4) is 0 Å². The number of ether oxygens (including phenoxy) is 1. The molecule has 1 aliphatic rings. The van der Waals surface area contributed by atoms with Gasteiger partial charge in [0.25, 0.3) is 0 Å². The third-order valence-electron chi connectivity index (χ3n) is 4.34. The molecule has 0 spiro atoms. The fourth-order valence-electron chi connectivity index (χ4n) is 2.23. The Hall–Kier alpha value is -1.06. The average Bonchev–Trinajstić information content (AvgIpc) is 2.36. The van der Waals surface area contributed by atoms with Crippen LogP contribution in [0.15, 0.2) is 0 Å². The lowest BCUT2D eigenvalue weighted by atomic mass is 9.80. The van der Waals surface area contributed by atoms with Crippen molar-refractivity contribution in [2.24, 2.45) is 17.3 Å². The second-order valence-corrected chi connectivity index (χ2v) is 6.65. The Labute approximate surface area is 116 Å². The Balaban J connectivity index is 2.43. The zero-order chi connectivity index (χ0) is 14.6. The van der Waals surface area contributed by atoms with E-state index in [9.17, 15) is 9.59 Å². The largest absolute Gasteiger partial charge is 0.469 e. The minimum Gasteiger partial charge on any atom is -0.469 e. The zero-order valence-electron chi connectivity index (χ0n) is 12.9. The van der Waals surface area contributed by atoms with Gasteiger partial charge in [0, 0.05) is 19.5 Å². The summed E-state index contributed by atoms with van der Waals surface area (Å²) >= 11 is 0. The molecule has 0 bridgehead atoms. The van der Waals surface area contributed by atoms with E-state index in [0.29, 0.717) is 25.4 Å². The molecule has 0 saturated carbocycles. The Morgan fingerprint density at radius 1 is 1.26 bits per heavy atom. The summed E-state index contributed by atoms with van der Waals surface area (Å²) in [4.78, 5) is 25.5. The monoisotopic (exact) mass is 269 g/mol. The molecule has 1 fully saturated rings. The van der Waals surface area contributed by atoms with Crippen LogP contribution < -0.4 is 0 Å². The van der Waals surface area contributed by atoms with E-state index in [-0.39, 0.29) is 23.2 Å². The van der Waals surface area contributed by atoms with Crippen molar-refractivity contribution in [3.8, 4) is 0 Å². The van der Waals surface area contributed by atoms with Crippen LogP contribution in [0.5, 0.6) is 0 Å². The summed E-state index contributed by atoms with van der Waals surface area (Å²) in [6, 6.07) is 0. The van der Waals surface area contributed by atoms with Gasteiger partial charge in [0.05, 0.1) is 13.0 Å². The smallest absolute Gasteiger partial charge is 0.308 e. The zero-order valence-corrected chi connectivity index (χ0v) is 12.9. The Kier molecular flexibility index (Phi) is 5.39. The first-order valence-electron chi connectivity index (χ1n) is 7.11. The molecular weight excluding hydrogens is 242 g/mol. The predicted octanol–water partition coefficient (Wildman–Crippen LogP) is 2.47. The lowest BCUT2D eigenvalue weighted by molar-refractivity contribution is -0.149. The highest BCUT2D eigenvalue weighted by atomic mass is 16.5. The van der Waals surface area contributed by atoms with E-state index < -0.39 is 0 Å². The van der Waals surface area contributed by atoms with Crippen LogP contribution in [0.1, 0.15) is 47.0 Å². The van der Waals surface area contributed by atoms with E-state index in [0.717, 1.165) is 12.8 Å². The van der Waals surface area contributed by atoms with Crippen molar-refractivity contribution < 1.29 is 14.3 Å². The third-order valence-corrected chi connectivity index (χ3v) is 4.34. The molecule has 4 heteroatoms. The molecule has 1 aliphatic heterocycles. The highest BCUT2D eigenvalue weighted by Gasteiger charge is 2.30. The number of methoxy groups -OCH3 is 1. The summed E-state index contributed by atoms with van der Waals surface area (Å²) in [6.45, 7) is 9.96. The van der Waals surface area contributed by atoms with Gasteiger partial charge in [-0.1, -0.05) is 27.7 Å². The number of likely N-dealkylation sites (tertiary alicyclic amines) is 1. The van der Waals surface area contributed by atoms with Gasteiger partial charge >= 0.3 is 5.97 Å². The number of esters is 1. The van der Waals surface area contributed by atoms with Gasteiger partial charge in [0.2, 0.25) is 5.91 Å². The topological polar surface area (TPSA) is 46.6 Å². The van der Waals surface area contributed by atoms with E-state index in [2.05, 4.69) is 27.7 Å². The van der Waals surface area contributed by atoms with Crippen molar-refractivity contribution in [1.29, 1.82) is 0 Å². The van der Waals surface area contributed by atoms with Gasteiger partial charge in [-0.05, 0) is 24.2 Å². The standard InChI is InChI=1S/C15H27NO3/c1-11(15(2,3)4)10-13(17)16-8-6-12(7-9-16)14(18)19-5/h11-12H,6-10H2,1-5H3. The number of hydrogen-bond donors (Lipinski definition) is 0. The van der Waals surface area contributed by atoms with Gasteiger partial charge in [-0.2, -0.15) is 0 Å². The van der Waals surface area contributed by atoms with Gasteiger partial charge < -0.3 is 9.64 Å². The number of rotatable bonds is 3. The van der Waals surface area contributed by atoms with Crippen LogP contribution in [0, 0.1) is 17.3 Å². The molecular formula is C15H27NO3. The molecule has 4 nitrogen and oxygen atoms in total.